The molecule has 0 aromatic heterocycles. The molecule has 0 radical (unpaired) electrons. The topological polar surface area (TPSA) is 436 Å². The number of amides is 7. The van der Waals surface area contributed by atoms with Gasteiger partial charge in [0.2, 0.25) is 41.4 Å². The Hall–Kier alpha value is -5.43. The van der Waals surface area contributed by atoms with Crippen LogP contribution >= 0.6 is 11.8 Å². The largest absolute Gasteiger partial charge is 0.480 e. The highest BCUT2D eigenvalue weighted by Crippen LogP contribution is 2.08. The number of carboxylic acids is 1. The first-order valence-corrected chi connectivity index (χ1v) is 19.6. The summed E-state index contributed by atoms with van der Waals surface area (Å²) < 4.78 is 0. The molecule has 6 atom stereocenters. The molecule has 24 nitrogen and oxygen atoms in total. The van der Waals surface area contributed by atoms with Gasteiger partial charge in [-0.15, -0.1) is 0 Å². The van der Waals surface area contributed by atoms with Gasteiger partial charge >= 0.3 is 5.97 Å². The van der Waals surface area contributed by atoms with Crippen molar-refractivity contribution in [2.45, 2.75) is 101 Å². The number of hydrogen-bond donors (Lipinski definition) is 14. The number of nitrogens with two attached hydrogens (primary N) is 7. The van der Waals surface area contributed by atoms with Gasteiger partial charge in [0.15, 0.2) is 11.9 Å². The van der Waals surface area contributed by atoms with Gasteiger partial charge < -0.3 is 77.1 Å². The summed E-state index contributed by atoms with van der Waals surface area (Å²) in [5.41, 5.74) is 38.0. The zero-order valence-electron chi connectivity index (χ0n) is 32.4. The van der Waals surface area contributed by atoms with Gasteiger partial charge in [0.25, 0.3) is 0 Å². The summed E-state index contributed by atoms with van der Waals surface area (Å²) >= 11 is 1.40. The molecule has 324 valence electrons. The molecule has 0 saturated carbocycles. The lowest BCUT2D eigenvalue weighted by Crippen LogP contribution is -2.59. The molecule has 25 heteroatoms. The third-order valence-electron chi connectivity index (χ3n) is 7.86. The van der Waals surface area contributed by atoms with Crippen molar-refractivity contribution in [1.82, 2.24) is 31.9 Å². The molecule has 21 N–H and O–H groups in total. The fourth-order valence-corrected chi connectivity index (χ4v) is 5.34. The molecule has 0 bridgehead atoms. The minimum atomic E-state index is -1.57. The summed E-state index contributed by atoms with van der Waals surface area (Å²) in [4.78, 5) is 110. The Labute approximate surface area is 335 Å². The van der Waals surface area contributed by atoms with Crippen LogP contribution in [0, 0.1) is 0 Å². The molecular formula is C32H61N15O9S. The molecule has 0 saturated heterocycles. The number of carbonyl (C=O) groups is 8. The number of rotatable bonds is 30. The Bertz CT molecular complexity index is 1410. The quantitative estimate of drug-likeness (QED) is 0.0182. The molecule has 0 rings (SSSR count). The molecule has 0 spiro atoms. The van der Waals surface area contributed by atoms with Gasteiger partial charge in [0.05, 0.1) is 19.0 Å². The number of carboxylic acid groups (broad SMARTS) is 1. The number of thioether (sulfide) groups is 1. The van der Waals surface area contributed by atoms with Crippen molar-refractivity contribution >= 4 is 71.0 Å². The van der Waals surface area contributed by atoms with Gasteiger partial charge in [0, 0.05) is 13.1 Å². The van der Waals surface area contributed by atoms with Gasteiger partial charge in [-0.2, -0.15) is 11.8 Å². The predicted octanol–water partition coefficient (Wildman–Crippen LogP) is -6.18. The summed E-state index contributed by atoms with van der Waals surface area (Å²) in [7, 11) is 0. The second-order valence-electron chi connectivity index (χ2n) is 12.8. The van der Waals surface area contributed by atoms with Crippen molar-refractivity contribution in [3.05, 3.63) is 0 Å². The van der Waals surface area contributed by atoms with Crippen LogP contribution in [0.1, 0.15) is 64.7 Å². The van der Waals surface area contributed by atoms with E-state index in [1.165, 1.54) is 18.7 Å². The highest BCUT2D eigenvalue weighted by molar-refractivity contribution is 7.98. The van der Waals surface area contributed by atoms with E-state index in [0.29, 0.717) is 18.6 Å². The second kappa shape index (κ2) is 28.9. The number of nitrogens with one attached hydrogen (secondary N) is 6. The van der Waals surface area contributed by atoms with Crippen molar-refractivity contribution in [1.29, 1.82) is 0 Å². The summed E-state index contributed by atoms with van der Waals surface area (Å²) in [5.74, 6) is -7.13. The van der Waals surface area contributed by atoms with Crippen LogP contribution < -0.4 is 72.0 Å². The Morgan fingerprint density at radius 1 is 0.614 bits per heavy atom. The molecule has 0 unspecified atom stereocenters. The summed E-state index contributed by atoms with van der Waals surface area (Å²) in [6, 6.07) is -7.57. The number of primary amides is 1. The number of aliphatic carboxylic acids is 1. The van der Waals surface area contributed by atoms with E-state index in [1.54, 1.807) is 6.26 Å². The van der Waals surface area contributed by atoms with E-state index in [9.17, 15) is 43.5 Å². The first-order valence-electron chi connectivity index (χ1n) is 18.2. The van der Waals surface area contributed by atoms with Gasteiger partial charge in [-0.25, -0.2) is 4.79 Å². The minimum absolute atomic E-state index is 0.0112. The summed E-state index contributed by atoms with van der Waals surface area (Å²) in [6.07, 6.45) is 2.42. The molecule has 57 heavy (non-hydrogen) atoms. The molecule has 7 amide bonds. The Morgan fingerprint density at radius 3 is 1.54 bits per heavy atom. The molecule has 0 aromatic carbocycles. The monoisotopic (exact) mass is 831 g/mol. The van der Waals surface area contributed by atoms with E-state index in [4.69, 9.17) is 40.1 Å². The lowest BCUT2D eigenvalue weighted by atomic mass is 10.0. The highest BCUT2D eigenvalue weighted by atomic mass is 32.2. The van der Waals surface area contributed by atoms with Crippen LogP contribution in [0.2, 0.25) is 0 Å². The maximum absolute atomic E-state index is 13.7. The molecule has 0 fully saturated rings. The zero-order valence-corrected chi connectivity index (χ0v) is 33.2. The fraction of sp³-hybridized carbons (Fsp3) is 0.688. The molecular weight excluding hydrogens is 771 g/mol. The van der Waals surface area contributed by atoms with E-state index in [1.807, 2.05) is 0 Å². The van der Waals surface area contributed by atoms with Crippen LogP contribution in [-0.2, 0) is 38.4 Å². The molecule has 0 aromatic rings. The number of guanidine groups is 2. The van der Waals surface area contributed by atoms with Crippen molar-refractivity contribution in [3.63, 3.8) is 0 Å². The lowest BCUT2D eigenvalue weighted by molar-refractivity contribution is -0.142. The number of carbonyl (C=O) groups excluding carboxylic acids is 7. The van der Waals surface area contributed by atoms with Crippen LogP contribution in [0.5, 0.6) is 0 Å². The smallest absolute Gasteiger partial charge is 0.326 e. The maximum Gasteiger partial charge on any atom is 0.326 e. The Balaban J connectivity index is 6.13. The Morgan fingerprint density at radius 2 is 1.07 bits per heavy atom. The van der Waals surface area contributed by atoms with Crippen LogP contribution in [0.4, 0.5) is 0 Å². The number of nitrogens with zero attached hydrogens (tertiary/aromatic N) is 2. The Kier molecular flexibility index (Phi) is 26.1. The van der Waals surface area contributed by atoms with Crippen molar-refractivity contribution < 1.29 is 43.5 Å². The highest BCUT2D eigenvalue weighted by Gasteiger charge is 2.32. The van der Waals surface area contributed by atoms with Crippen molar-refractivity contribution in [2.24, 2.45) is 50.1 Å². The fourth-order valence-electron chi connectivity index (χ4n) is 4.87. The maximum atomic E-state index is 13.7. The number of aliphatic imine (C=N–C) groups is 2. The average Bonchev–Trinajstić information content (AvgIpc) is 3.13. The van der Waals surface area contributed by atoms with Gasteiger partial charge in [-0.3, -0.25) is 43.5 Å². The van der Waals surface area contributed by atoms with Crippen LogP contribution in [0.25, 0.3) is 0 Å². The standard InChI is InChI=1S/C32H61N15O9S/c1-17(34)25(50)44-20(10-14-57-2)28(53)47-22(15-23(35)48)29(54)46-19(7-3-4-11-33)27(52)45-18(8-5-12-40-31(36)37)26(51)42-16-24(49)43-21(30(55)56)9-6-13-41-32(38)39/h17-22H,3-16,33-34H2,1-2H3,(H2,35,48)(H,42,51)(H,43,49)(H,44,50)(H,45,52)(H,46,54)(H,47,53)(H,55,56)(H4,36,37,40)(H4,38,39,41)/t17-,18-,19-,20-,21-,22-/m0/s1. The lowest BCUT2D eigenvalue weighted by Gasteiger charge is -2.26. The number of unbranched alkanes of at least 4 members (excludes halogenated alkanes) is 1. The average molecular weight is 832 g/mol. The third-order valence-corrected chi connectivity index (χ3v) is 8.50. The third kappa shape index (κ3) is 24.0. The zero-order chi connectivity index (χ0) is 43.5. The van der Waals surface area contributed by atoms with Crippen molar-refractivity contribution in [2.75, 3.05) is 38.2 Å². The summed E-state index contributed by atoms with van der Waals surface area (Å²) in [6.45, 7) is 1.21. The van der Waals surface area contributed by atoms with E-state index < -0.39 is 96.5 Å². The molecule has 0 aliphatic rings. The predicted molar refractivity (Wildman–Crippen MR) is 213 cm³/mol. The van der Waals surface area contributed by atoms with E-state index in [-0.39, 0.29) is 70.1 Å². The van der Waals surface area contributed by atoms with E-state index >= 15 is 0 Å². The van der Waals surface area contributed by atoms with Crippen LogP contribution in [0.15, 0.2) is 9.98 Å². The number of hydrogen-bond acceptors (Lipinski definition) is 13. The summed E-state index contributed by atoms with van der Waals surface area (Å²) in [5, 5.41) is 24.2. The molecule has 0 aliphatic heterocycles. The van der Waals surface area contributed by atoms with E-state index in [0.717, 1.165) is 0 Å². The molecule has 0 heterocycles. The van der Waals surface area contributed by atoms with Crippen LogP contribution in [-0.4, -0.2) is 139 Å². The first-order chi connectivity index (χ1) is 26.8. The first kappa shape index (κ1) is 51.6. The molecule has 0 aliphatic carbocycles. The van der Waals surface area contributed by atoms with E-state index in [2.05, 4.69) is 41.9 Å². The normalized spacial score (nSPS) is 13.8. The van der Waals surface area contributed by atoms with Gasteiger partial charge in [-0.1, -0.05) is 0 Å². The van der Waals surface area contributed by atoms with Crippen LogP contribution in [0.3, 0.4) is 0 Å². The van der Waals surface area contributed by atoms with Gasteiger partial charge in [-0.05, 0) is 76.8 Å². The minimum Gasteiger partial charge on any atom is -0.480 e. The second-order valence-corrected chi connectivity index (χ2v) is 13.8. The van der Waals surface area contributed by atoms with Crippen molar-refractivity contribution in [3.8, 4) is 0 Å². The van der Waals surface area contributed by atoms with Gasteiger partial charge in [0.1, 0.15) is 30.2 Å². The SMILES string of the molecule is CSCC[C@H](NC(=O)[C@H](C)N)C(=O)N[C@@H](CC(N)=O)C(=O)N[C@@H](CCCCN)C(=O)N[C@@H](CCCN=C(N)N)C(=O)NCC(=O)N[C@@H](CCCN=C(N)N)C(=O)O.